The van der Waals surface area contributed by atoms with E-state index < -0.39 is 0 Å². The molecular weight excluding hydrogens is 188 g/mol. The molecule has 0 bridgehead atoms. The molecule has 0 unspecified atom stereocenters. The number of pyridine rings is 1. The Hall–Kier alpha value is -1.82. The molecule has 0 spiro atoms. The predicted octanol–water partition coefficient (Wildman–Crippen LogP) is 2.30. The third-order valence-electron chi connectivity index (χ3n) is 2.49. The molecule has 0 aliphatic heterocycles. The Kier molecular flexibility index (Phi) is 2.99. The number of aromatic nitrogens is 1. The van der Waals surface area contributed by atoms with Gasteiger partial charge in [0.15, 0.2) is 5.75 Å². The van der Waals surface area contributed by atoms with Gasteiger partial charge in [0.05, 0.1) is 18.4 Å². The summed E-state index contributed by atoms with van der Waals surface area (Å²) >= 11 is 0. The number of nitrogens with zero attached hydrogens (tertiary/aromatic N) is 2. The normalized spacial score (nSPS) is 15.1. The van der Waals surface area contributed by atoms with E-state index in [4.69, 9.17) is 10.00 Å². The Morgan fingerprint density at radius 3 is 3.00 bits per heavy atom. The van der Waals surface area contributed by atoms with Crippen molar-refractivity contribution in [3.63, 3.8) is 0 Å². The average molecular weight is 200 g/mol. The van der Waals surface area contributed by atoms with Crippen molar-refractivity contribution in [2.24, 2.45) is 5.92 Å². The Balaban J connectivity index is 1.96. The maximum atomic E-state index is 8.84. The van der Waals surface area contributed by atoms with Gasteiger partial charge in [-0.1, -0.05) is 12.2 Å². The number of hydrogen-bond acceptors (Lipinski definition) is 3. The van der Waals surface area contributed by atoms with E-state index in [-0.39, 0.29) is 0 Å². The number of nitriles is 1. The summed E-state index contributed by atoms with van der Waals surface area (Å²) < 4.78 is 5.59. The molecule has 1 aliphatic rings. The molecule has 0 radical (unpaired) electrons. The third-order valence-corrected chi connectivity index (χ3v) is 2.49. The van der Waals surface area contributed by atoms with Crippen molar-refractivity contribution >= 4 is 0 Å². The van der Waals surface area contributed by atoms with Gasteiger partial charge in [-0.25, -0.2) is 0 Å². The van der Waals surface area contributed by atoms with Crippen LogP contribution in [0.1, 0.15) is 18.4 Å². The van der Waals surface area contributed by atoms with Crippen LogP contribution >= 0.6 is 0 Å². The lowest BCUT2D eigenvalue weighted by Gasteiger charge is -2.11. The van der Waals surface area contributed by atoms with E-state index in [1.807, 2.05) is 0 Å². The molecular formula is C12H12N2O. The molecule has 1 aliphatic carbocycles. The van der Waals surface area contributed by atoms with E-state index >= 15 is 0 Å². The lowest BCUT2D eigenvalue weighted by molar-refractivity contribution is 0.255. The fraction of sp³-hybridized carbons (Fsp3) is 0.333. The molecule has 0 fully saturated rings. The molecule has 2 rings (SSSR count). The first-order valence-corrected chi connectivity index (χ1v) is 5.02. The number of rotatable bonds is 3. The van der Waals surface area contributed by atoms with Gasteiger partial charge in [0.2, 0.25) is 0 Å². The van der Waals surface area contributed by atoms with Crippen molar-refractivity contribution in [3.05, 3.63) is 36.2 Å². The maximum absolute atomic E-state index is 8.84. The minimum atomic E-state index is 0.552. The zero-order valence-corrected chi connectivity index (χ0v) is 8.39. The highest BCUT2D eigenvalue weighted by Gasteiger charge is 2.12. The van der Waals surface area contributed by atoms with E-state index in [2.05, 4.69) is 23.2 Å². The fourth-order valence-corrected chi connectivity index (χ4v) is 1.60. The highest BCUT2D eigenvalue weighted by molar-refractivity contribution is 5.40. The molecule has 15 heavy (non-hydrogen) atoms. The lowest BCUT2D eigenvalue weighted by atomic mass is 10.1. The predicted molar refractivity (Wildman–Crippen MR) is 56.3 cm³/mol. The summed E-state index contributed by atoms with van der Waals surface area (Å²) in [5, 5.41) is 8.84. The molecule has 3 nitrogen and oxygen atoms in total. The summed E-state index contributed by atoms with van der Waals surface area (Å²) in [5.74, 6) is 1.14. The van der Waals surface area contributed by atoms with Crippen LogP contribution in [0.25, 0.3) is 0 Å². The molecule has 76 valence electrons. The van der Waals surface area contributed by atoms with Gasteiger partial charge < -0.3 is 4.74 Å². The zero-order chi connectivity index (χ0) is 10.5. The highest BCUT2D eigenvalue weighted by Crippen LogP contribution is 2.21. The van der Waals surface area contributed by atoms with Gasteiger partial charge in [-0.05, 0) is 24.8 Å². The summed E-state index contributed by atoms with van der Waals surface area (Å²) in [7, 11) is 0. The van der Waals surface area contributed by atoms with Gasteiger partial charge in [0, 0.05) is 6.20 Å². The first-order chi connectivity index (χ1) is 7.40. The zero-order valence-electron chi connectivity index (χ0n) is 8.39. The van der Waals surface area contributed by atoms with E-state index in [1.54, 1.807) is 18.5 Å². The number of ether oxygens (including phenoxy) is 1. The van der Waals surface area contributed by atoms with Gasteiger partial charge in [0.25, 0.3) is 0 Å². The summed E-state index contributed by atoms with van der Waals surface area (Å²) in [4.78, 5) is 3.95. The smallest absolute Gasteiger partial charge is 0.155 e. The molecule has 1 aromatic heterocycles. The van der Waals surface area contributed by atoms with Gasteiger partial charge in [-0.3, -0.25) is 4.98 Å². The van der Waals surface area contributed by atoms with Crippen molar-refractivity contribution in [1.29, 1.82) is 5.26 Å². The van der Waals surface area contributed by atoms with E-state index in [9.17, 15) is 0 Å². The minimum absolute atomic E-state index is 0.552. The van der Waals surface area contributed by atoms with Crippen molar-refractivity contribution in [1.82, 2.24) is 4.98 Å². The van der Waals surface area contributed by atoms with Crippen LogP contribution in [0.3, 0.4) is 0 Å². The van der Waals surface area contributed by atoms with Crippen molar-refractivity contribution in [3.8, 4) is 11.8 Å². The molecule has 0 N–H and O–H groups in total. The standard InChI is InChI=1S/C12H12N2O/c13-7-11-5-6-14-8-12(11)15-9-10-3-1-2-4-10/h1-2,5-6,8,10H,3-4,9H2. The number of hydrogen-bond donors (Lipinski definition) is 0. The second-order valence-corrected chi connectivity index (χ2v) is 3.60. The summed E-state index contributed by atoms with van der Waals surface area (Å²) in [5.41, 5.74) is 0.552. The fourth-order valence-electron chi connectivity index (χ4n) is 1.60. The van der Waals surface area contributed by atoms with Crippen LogP contribution < -0.4 is 4.74 Å². The highest BCUT2D eigenvalue weighted by atomic mass is 16.5. The van der Waals surface area contributed by atoms with Crippen LogP contribution in [-0.2, 0) is 0 Å². The SMILES string of the molecule is N#Cc1ccncc1OCC1CC=CC1. The second-order valence-electron chi connectivity index (χ2n) is 3.60. The Morgan fingerprint density at radius 2 is 2.27 bits per heavy atom. The van der Waals surface area contributed by atoms with Crippen LogP contribution in [0.15, 0.2) is 30.6 Å². The Morgan fingerprint density at radius 1 is 1.47 bits per heavy atom. The van der Waals surface area contributed by atoms with E-state index in [0.717, 1.165) is 12.8 Å². The number of allylic oxidation sites excluding steroid dienone is 2. The molecule has 1 heterocycles. The quantitative estimate of drug-likeness (QED) is 0.703. The summed E-state index contributed by atoms with van der Waals surface area (Å²) in [6.45, 7) is 0.660. The second kappa shape index (κ2) is 4.61. The lowest BCUT2D eigenvalue weighted by Crippen LogP contribution is -2.09. The molecule has 3 heteroatoms. The third kappa shape index (κ3) is 2.35. The van der Waals surface area contributed by atoms with E-state index in [0.29, 0.717) is 23.8 Å². The van der Waals surface area contributed by atoms with Crippen LogP contribution in [0.2, 0.25) is 0 Å². The molecule has 1 aromatic rings. The first-order valence-electron chi connectivity index (χ1n) is 5.02. The molecule has 0 saturated carbocycles. The largest absolute Gasteiger partial charge is 0.490 e. The van der Waals surface area contributed by atoms with Crippen LogP contribution in [0, 0.1) is 17.2 Å². The Bertz CT molecular complexity index is 398. The monoisotopic (exact) mass is 200 g/mol. The average Bonchev–Trinajstić information content (AvgIpc) is 2.79. The van der Waals surface area contributed by atoms with Gasteiger partial charge >= 0.3 is 0 Å². The topological polar surface area (TPSA) is 45.9 Å². The molecule has 0 aromatic carbocycles. The molecule has 0 saturated heterocycles. The van der Waals surface area contributed by atoms with Crippen molar-refractivity contribution < 1.29 is 4.74 Å². The molecule has 0 atom stereocenters. The van der Waals surface area contributed by atoms with Crippen molar-refractivity contribution in [2.45, 2.75) is 12.8 Å². The first kappa shape index (κ1) is 9.72. The summed E-state index contributed by atoms with van der Waals surface area (Å²) in [6, 6.07) is 3.76. The van der Waals surface area contributed by atoms with Gasteiger partial charge in [-0.2, -0.15) is 5.26 Å². The maximum Gasteiger partial charge on any atom is 0.155 e. The van der Waals surface area contributed by atoms with Gasteiger partial charge in [-0.15, -0.1) is 0 Å². The van der Waals surface area contributed by atoms with Crippen molar-refractivity contribution in [2.75, 3.05) is 6.61 Å². The Labute approximate surface area is 89.0 Å². The minimum Gasteiger partial charge on any atom is -0.490 e. The van der Waals surface area contributed by atoms with Crippen LogP contribution in [-0.4, -0.2) is 11.6 Å². The van der Waals surface area contributed by atoms with Gasteiger partial charge in [0.1, 0.15) is 6.07 Å². The van der Waals surface area contributed by atoms with E-state index in [1.165, 1.54) is 0 Å². The molecule has 0 amide bonds. The summed E-state index contributed by atoms with van der Waals surface area (Å²) in [6.07, 6.45) is 9.68. The van der Waals surface area contributed by atoms with Crippen LogP contribution in [0.4, 0.5) is 0 Å². The van der Waals surface area contributed by atoms with Crippen LogP contribution in [0.5, 0.6) is 5.75 Å².